The Balaban J connectivity index is 2.52. The maximum atomic E-state index is 13.6. The van der Waals surface area contributed by atoms with Crippen molar-refractivity contribution in [3.05, 3.63) is 46.8 Å². The lowest BCUT2D eigenvalue weighted by atomic mass is 10.1. The van der Waals surface area contributed by atoms with Crippen molar-refractivity contribution < 1.29 is 40.7 Å². The Morgan fingerprint density at radius 3 is 2.06 bits per heavy atom. The highest BCUT2D eigenvalue weighted by Crippen LogP contribution is 2.23. The van der Waals surface area contributed by atoms with Gasteiger partial charge in [0, 0.05) is 6.42 Å². The fourth-order valence-corrected chi connectivity index (χ4v) is 4.13. The van der Waals surface area contributed by atoms with Crippen molar-refractivity contribution in [1.82, 2.24) is 0 Å². The maximum absolute atomic E-state index is 13.6. The van der Waals surface area contributed by atoms with E-state index in [9.17, 15) is 26.7 Å². The Hall–Kier alpha value is -2.27. The molecular weight excluding hydrogens is 477 g/mol. The molecular formula is C23H32F5NO4Si. The molecule has 1 aromatic rings. The Bertz CT molecular complexity index is 830. The molecule has 0 bridgehead atoms. The first-order valence-electron chi connectivity index (χ1n) is 11.0. The van der Waals surface area contributed by atoms with Crippen molar-refractivity contribution in [3.63, 3.8) is 0 Å². The minimum Gasteiger partial charge on any atom is -0.469 e. The number of unbranched alkanes of at least 4 members (excludes halogenated alkanes) is 4. The molecule has 0 saturated carbocycles. The van der Waals surface area contributed by atoms with Crippen LogP contribution in [0.25, 0.3) is 0 Å². The lowest BCUT2D eigenvalue weighted by Gasteiger charge is -2.24. The normalized spacial score (nSPS) is 13.1. The average Bonchev–Trinajstić information content (AvgIpc) is 2.78. The largest absolute Gasteiger partial charge is 0.469 e. The van der Waals surface area contributed by atoms with Gasteiger partial charge < -0.3 is 14.0 Å². The van der Waals surface area contributed by atoms with Crippen LogP contribution in [0.1, 0.15) is 50.5 Å². The predicted octanol–water partition coefficient (Wildman–Crippen LogP) is 6.56. The number of carbonyl (C=O) groups is 1. The standard InChI is InChI=1S/C23H32F5NO4Si/c1-31-18(30)13-9-7-5-6-8-11-16(33-34(2,3)4)12-10-14-29-32-15-17-19(24)21(26)23(28)22(27)20(17)25/h10,12,14,16H,5-9,11,13,15H2,1-4H3/b12-10+,29-14+. The second-order valence-corrected chi connectivity index (χ2v) is 13.1. The van der Waals surface area contributed by atoms with Crippen molar-refractivity contribution in [2.45, 2.75) is 77.3 Å². The molecule has 5 nitrogen and oxygen atoms in total. The third-order valence-corrected chi connectivity index (χ3v) is 5.67. The molecule has 1 aromatic carbocycles. The molecule has 34 heavy (non-hydrogen) atoms. The highest BCUT2D eigenvalue weighted by molar-refractivity contribution is 6.69. The van der Waals surface area contributed by atoms with Gasteiger partial charge in [0.1, 0.15) is 6.61 Å². The van der Waals surface area contributed by atoms with E-state index in [1.165, 1.54) is 13.3 Å². The van der Waals surface area contributed by atoms with Crippen LogP contribution in [-0.2, 0) is 25.4 Å². The summed E-state index contributed by atoms with van der Waals surface area (Å²) in [6, 6.07) is 0. The first-order valence-corrected chi connectivity index (χ1v) is 14.5. The van der Waals surface area contributed by atoms with E-state index in [0.717, 1.165) is 38.5 Å². The van der Waals surface area contributed by atoms with Crippen LogP contribution in [-0.4, -0.2) is 33.7 Å². The summed E-state index contributed by atoms with van der Waals surface area (Å²) >= 11 is 0. The van der Waals surface area contributed by atoms with E-state index in [2.05, 4.69) is 29.5 Å². The molecule has 0 N–H and O–H groups in total. The highest BCUT2D eigenvalue weighted by atomic mass is 28.4. The van der Waals surface area contributed by atoms with E-state index >= 15 is 0 Å². The number of benzene rings is 1. The van der Waals surface area contributed by atoms with E-state index in [0.29, 0.717) is 6.42 Å². The molecule has 0 aliphatic rings. The fourth-order valence-electron chi connectivity index (χ4n) is 3.03. The van der Waals surface area contributed by atoms with Gasteiger partial charge in [-0.25, -0.2) is 22.0 Å². The SMILES string of the molecule is COC(=O)CCCCCCCC(/C=C/C=N/OCc1c(F)c(F)c(F)c(F)c1F)O[Si](C)(C)C. The van der Waals surface area contributed by atoms with Gasteiger partial charge in [-0.15, -0.1) is 0 Å². The van der Waals surface area contributed by atoms with Gasteiger partial charge in [-0.3, -0.25) is 4.79 Å². The predicted molar refractivity (Wildman–Crippen MR) is 121 cm³/mol. The summed E-state index contributed by atoms with van der Waals surface area (Å²) in [4.78, 5) is 15.8. The molecule has 0 aliphatic carbocycles. The number of oxime groups is 1. The molecule has 0 radical (unpaired) electrons. The summed E-state index contributed by atoms with van der Waals surface area (Å²) in [5, 5.41) is 3.48. The smallest absolute Gasteiger partial charge is 0.305 e. The van der Waals surface area contributed by atoms with E-state index < -0.39 is 49.6 Å². The highest BCUT2D eigenvalue weighted by Gasteiger charge is 2.26. The third kappa shape index (κ3) is 10.8. The summed E-state index contributed by atoms with van der Waals surface area (Å²) in [7, 11) is -0.455. The first kappa shape index (κ1) is 29.8. The number of esters is 1. The zero-order valence-corrected chi connectivity index (χ0v) is 20.9. The van der Waals surface area contributed by atoms with E-state index in [4.69, 9.17) is 9.26 Å². The van der Waals surface area contributed by atoms with Gasteiger partial charge in [0.15, 0.2) is 31.6 Å². The Kier molecular flexibility index (Phi) is 13.0. The number of hydrogen-bond donors (Lipinski definition) is 0. The second kappa shape index (κ2) is 14.9. The van der Waals surface area contributed by atoms with E-state index in [1.54, 1.807) is 12.2 Å². The number of carbonyl (C=O) groups excluding carboxylic acids is 1. The third-order valence-electron chi connectivity index (χ3n) is 4.66. The number of halogens is 5. The Morgan fingerprint density at radius 2 is 1.47 bits per heavy atom. The first-order chi connectivity index (χ1) is 16.0. The topological polar surface area (TPSA) is 57.1 Å². The molecule has 0 spiro atoms. The van der Waals surface area contributed by atoms with Crippen molar-refractivity contribution >= 4 is 20.5 Å². The van der Waals surface area contributed by atoms with Gasteiger partial charge in [0.05, 0.1) is 25.0 Å². The van der Waals surface area contributed by atoms with Crippen molar-refractivity contribution in [2.24, 2.45) is 5.16 Å². The molecule has 0 heterocycles. The quantitative estimate of drug-likeness (QED) is 0.0393. The van der Waals surface area contributed by atoms with Gasteiger partial charge in [0.25, 0.3) is 0 Å². The van der Waals surface area contributed by atoms with Crippen LogP contribution in [0, 0.1) is 29.1 Å². The van der Waals surface area contributed by atoms with Gasteiger partial charge in [0.2, 0.25) is 5.82 Å². The van der Waals surface area contributed by atoms with Crippen LogP contribution >= 0.6 is 0 Å². The monoisotopic (exact) mass is 509 g/mol. The van der Waals surface area contributed by atoms with Crippen LogP contribution in [0.2, 0.25) is 19.6 Å². The zero-order chi connectivity index (χ0) is 25.7. The van der Waals surface area contributed by atoms with E-state index in [-0.39, 0.29) is 12.1 Å². The summed E-state index contributed by atoms with van der Waals surface area (Å²) in [5.41, 5.74) is -1.09. The van der Waals surface area contributed by atoms with Crippen LogP contribution in [0.15, 0.2) is 17.3 Å². The maximum Gasteiger partial charge on any atom is 0.305 e. The average molecular weight is 510 g/mol. The Morgan fingerprint density at radius 1 is 0.912 bits per heavy atom. The van der Waals surface area contributed by atoms with Crippen LogP contribution < -0.4 is 0 Å². The summed E-state index contributed by atoms with van der Waals surface area (Å²) in [6.45, 7) is 5.26. The molecule has 1 atom stereocenters. The van der Waals surface area contributed by atoms with Crippen LogP contribution in [0.4, 0.5) is 22.0 Å². The van der Waals surface area contributed by atoms with Gasteiger partial charge in [-0.1, -0.05) is 36.9 Å². The van der Waals surface area contributed by atoms with Crippen molar-refractivity contribution in [1.29, 1.82) is 0 Å². The van der Waals surface area contributed by atoms with Crippen molar-refractivity contribution in [2.75, 3.05) is 7.11 Å². The summed E-state index contributed by atoms with van der Waals surface area (Å²) in [5.74, 6) is -10.4. The number of allylic oxidation sites excluding steroid dienone is 1. The number of hydrogen-bond acceptors (Lipinski definition) is 5. The number of methoxy groups -OCH3 is 1. The second-order valence-electron chi connectivity index (χ2n) is 8.61. The molecule has 192 valence electrons. The molecule has 1 unspecified atom stereocenters. The number of ether oxygens (including phenoxy) is 1. The molecule has 0 amide bonds. The van der Waals surface area contributed by atoms with Gasteiger partial charge in [-0.2, -0.15) is 0 Å². The lowest BCUT2D eigenvalue weighted by Crippen LogP contribution is -2.31. The lowest BCUT2D eigenvalue weighted by molar-refractivity contribution is -0.140. The minimum absolute atomic E-state index is 0.164. The zero-order valence-electron chi connectivity index (χ0n) is 19.9. The Labute approximate surface area is 198 Å². The minimum atomic E-state index is -2.22. The molecule has 0 aliphatic heterocycles. The van der Waals surface area contributed by atoms with Crippen molar-refractivity contribution in [3.8, 4) is 0 Å². The van der Waals surface area contributed by atoms with Crippen LogP contribution in [0.3, 0.4) is 0 Å². The number of nitrogens with zero attached hydrogens (tertiary/aromatic N) is 1. The summed E-state index contributed by atoms with van der Waals surface area (Å²) < 4.78 is 77.4. The van der Waals surface area contributed by atoms with Gasteiger partial charge >= 0.3 is 5.97 Å². The fraction of sp³-hybridized carbons (Fsp3) is 0.565. The van der Waals surface area contributed by atoms with Crippen LogP contribution in [0.5, 0.6) is 0 Å². The molecule has 11 heteroatoms. The molecule has 0 aromatic heterocycles. The van der Waals surface area contributed by atoms with Gasteiger partial charge in [-0.05, 0) is 38.6 Å². The molecule has 0 fully saturated rings. The number of rotatable bonds is 15. The molecule has 0 saturated heterocycles. The molecule has 1 rings (SSSR count). The van der Waals surface area contributed by atoms with E-state index in [1.807, 2.05) is 0 Å². The summed E-state index contributed by atoms with van der Waals surface area (Å²) in [6.07, 6.45) is 10.2.